The zero-order valence-electron chi connectivity index (χ0n) is 24.4. The highest BCUT2D eigenvalue weighted by molar-refractivity contribution is 6.76. The fourth-order valence-electron chi connectivity index (χ4n) is 4.16. The van der Waals surface area contributed by atoms with Gasteiger partial charge in [-0.25, -0.2) is 0 Å². The van der Waals surface area contributed by atoms with E-state index in [9.17, 15) is 0 Å². The van der Waals surface area contributed by atoms with E-state index in [1.807, 2.05) is 6.21 Å². The Kier molecular flexibility index (Phi) is 13.1. The Morgan fingerprint density at radius 1 is 0.694 bits per heavy atom. The standard InChI is InChI=1S/C32H52N2Si2/c1-8-9-10-11-12-13-18-32(34-31-20-15-17-29(26-31)22-24-36(5,6)7)27-33-30-19-14-16-28(25-30)21-23-35(2,3)4/h14-17,19-20,25-27H,8-13,18,21-24H2,1-7H3. The zero-order valence-corrected chi connectivity index (χ0v) is 26.4. The average Bonchev–Trinajstić information content (AvgIpc) is 2.81. The van der Waals surface area contributed by atoms with Crippen molar-refractivity contribution in [2.45, 2.75) is 116 Å². The summed E-state index contributed by atoms with van der Waals surface area (Å²) in [6, 6.07) is 20.3. The quantitative estimate of drug-likeness (QED) is 0.119. The minimum Gasteiger partial charge on any atom is -0.255 e. The van der Waals surface area contributed by atoms with Gasteiger partial charge in [0, 0.05) is 22.4 Å². The summed E-state index contributed by atoms with van der Waals surface area (Å²) in [5, 5.41) is 0. The van der Waals surface area contributed by atoms with Crippen LogP contribution in [0.3, 0.4) is 0 Å². The van der Waals surface area contributed by atoms with Gasteiger partial charge in [-0.3, -0.25) is 9.98 Å². The van der Waals surface area contributed by atoms with Gasteiger partial charge in [0.25, 0.3) is 0 Å². The van der Waals surface area contributed by atoms with Gasteiger partial charge in [-0.15, -0.1) is 0 Å². The topological polar surface area (TPSA) is 24.7 Å². The summed E-state index contributed by atoms with van der Waals surface area (Å²) in [6.45, 7) is 17.0. The van der Waals surface area contributed by atoms with E-state index in [-0.39, 0.29) is 0 Å². The van der Waals surface area contributed by atoms with Gasteiger partial charge in [0.2, 0.25) is 0 Å². The second-order valence-electron chi connectivity index (χ2n) is 12.8. The van der Waals surface area contributed by atoms with Gasteiger partial charge in [0.05, 0.1) is 17.1 Å². The van der Waals surface area contributed by atoms with Crippen molar-refractivity contribution in [2.75, 3.05) is 0 Å². The maximum Gasteiger partial charge on any atom is 0.0636 e. The maximum atomic E-state index is 5.09. The van der Waals surface area contributed by atoms with E-state index in [0.29, 0.717) is 0 Å². The van der Waals surface area contributed by atoms with Gasteiger partial charge in [0.1, 0.15) is 0 Å². The second kappa shape index (κ2) is 15.5. The lowest BCUT2D eigenvalue weighted by Gasteiger charge is -2.15. The third-order valence-electron chi connectivity index (χ3n) is 6.57. The summed E-state index contributed by atoms with van der Waals surface area (Å²) in [7, 11) is -2.09. The Bertz CT molecular complexity index is 965. The highest BCUT2D eigenvalue weighted by atomic mass is 28.3. The molecule has 0 spiro atoms. The van der Waals surface area contributed by atoms with E-state index in [4.69, 9.17) is 9.98 Å². The van der Waals surface area contributed by atoms with Crippen LogP contribution in [-0.2, 0) is 12.8 Å². The Hall–Kier alpha value is -1.79. The first-order chi connectivity index (χ1) is 17.0. The van der Waals surface area contributed by atoms with Gasteiger partial charge in [-0.05, 0) is 61.1 Å². The van der Waals surface area contributed by atoms with Gasteiger partial charge in [0.15, 0.2) is 0 Å². The summed E-state index contributed by atoms with van der Waals surface area (Å²) in [6.07, 6.45) is 13.1. The number of unbranched alkanes of at least 4 members (excludes halogenated alkanes) is 5. The molecule has 0 bridgehead atoms. The van der Waals surface area contributed by atoms with Crippen LogP contribution in [0.2, 0.25) is 51.4 Å². The predicted octanol–water partition coefficient (Wildman–Crippen LogP) is 10.7. The molecule has 0 atom stereocenters. The van der Waals surface area contributed by atoms with Crippen molar-refractivity contribution in [3.8, 4) is 0 Å². The molecule has 0 N–H and O–H groups in total. The van der Waals surface area contributed by atoms with Crippen LogP contribution >= 0.6 is 0 Å². The first-order valence-electron chi connectivity index (χ1n) is 14.3. The molecule has 36 heavy (non-hydrogen) atoms. The molecule has 2 nitrogen and oxygen atoms in total. The van der Waals surface area contributed by atoms with Gasteiger partial charge in [-0.2, -0.15) is 0 Å². The molecule has 0 aliphatic heterocycles. The lowest BCUT2D eigenvalue weighted by molar-refractivity contribution is 0.616. The molecule has 0 aliphatic rings. The number of nitrogens with zero attached hydrogens (tertiary/aromatic N) is 2. The lowest BCUT2D eigenvalue weighted by atomic mass is 10.1. The number of rotatable bonds is 16. The molecule has 0 unspecified atom stereocenters. The second-order valence-corrected chi connectivity index (χ2v) is 24.1. The molecule has 4 heteroatoms. The zero-order chi connectivity index (χ0) is 26.4. The smallest absolute Gasteiger partial charge is 0.0636 e. The van der Waals surface area contributed by atoms with Gasteiger partial charge in [-0.1, -0.05) is 115 Å². The van der Waals surface area contributed by atoms with E-state index in [1.165, 1.54) is 61.7 Å². The van der Waals surface area contributed by atoms with E-state index in [0.717, 1.165) is 36.3 Å². The predicted molar refractivity (Wildman–Crippen MR) is 170 cm³/mol. The fraction of sp³-hybridized carbons (Fsp3) is 0.562. The molecule has 0 aliphatic carbocycles. The first-order valence-corrected chi connectivity index (χ1v) is 21.7. The lowest BCUT2D eigenvalue weighted by Crippen LogP contribution is -2.19. The van der Waals surface area contributed by atoms with Crippen LogP contribution in [-0.4, -0.2) is 28.1 Å². The Morgan fingerprint density at radius 3 is 1.81 bits per heavy atom. The number of hydrogen-bond acceptors (Lipinski definition) is 2. The number of aryl methyl sites for hydroxylation is 2. The molecular formula is C32H52N2Si2. The number of aliphatic imine (C=N–C) groups is 2. The maximum absolute atomic E-state index is 5.09. The Morgan fingerprint density at radius 2 is 1.22 bits per heavy atom. The van der Waals surface area contributed by atoms with E-state index < -0.39 is 16.1 Å². The molecule has 2 aromatic carbocycles. The molecule has 198 valence electrons. The van der Waals surface area contributed by atoms with Gasteiger partial charge >= 0.3 is 0 Å². The molecule has 2 aromatic rings. The normalized spacial score (nSPS) is 13.0. The summed E-state index contributed by atoms with van der Waals surface area (Å²) in [5.41, 5.74) is 6.02. The van der Waals surface area contributed by atoms with Crippen LogP contribution in [0, 0.1) is 0 Å². The van der Waals surface area contributed by atoms with E-state index >= 15 is 0 Å². The molecule has 0 heterocycles. The average molecular weight is 521 g/mol. The largest absolute Gasteiger partial charge is 0.255 e. The SMILES string of the molecule is CCCCCCCCC(C=Nc1cccc(CC[Si](C)(C)C)c1)=Nc1cccc(CC[Si](C)(C)C)c1. The van der Waals surface area contributed by atoms with Crippen molar-refractivity contribution in [1.82, 2.24) is 0 Å². The Balaban J connectivity index is 2.15. The van der Waals surface area contributed by atoms with E-state index in [2.05, 4.69) is 94.7 Å². The van der Waals surface area contributed by atoms with Crippen LogP contribution in [0.15, 0.2) is 58.5 Å². The first kappa shape index (κ1) is 30.4. The minimum atomic E-state index is -1.05. The third kappa shape index (κ3) is 14.1. The fourth-order valence-corrected chi connectivity index (χ4v) is 6.24. The molecule has 0 aromatic heterocycles. The van der Waals surface area contributed by atoms with E-state index in [1.54, 1.807) is 0 Å². The van der Waals surface area contributed by atoms with Crippen LogP contribution in [0.5, 0.6) is 0 Å². The summed E-state index contributed by atoms with van der Waals surface area (Å²) < 4.78 is 0. The monoisotopic (exact) mass is 520 g/mol. The van der Waals surface area contributed by atoms with Crippen LogP contribution in [0.25, 0.3) is 0 Å². The van der Waals surface area contributed by atoms with Crippen molar-refractivity contribution in [2.24, 2.45) is 9.98 Å². The molecule has 0 saturated heterocycles. The molecule has 0 saturated carbocycles. The van der Waals surface area contributed by atoms with Crippen LogP contribution in [0.4, 0.5) is 11.4 Å². The molecule has 0 amide bonds. The van der Waals surface area contributed by atoms with Gasteiger partial charge < -0.3 is 0 Å². The van der Waals surface area contributed by atoms with Crippen molar-refractivity contribution in [1.29, 1.82) is 0 Å². The molecule has 2 rings (SSSR count). The van der Waals surface area contributed by atoms with Crippen molar-refractivity contribution in [3.63, 3.8) is 0 Å². The molecular weight excluding hydrogens is 469 g/mol. The summed E-state index contributed by atoms with van der Waals surface area (Å²) in [5.74, 6) is 0. The van der Waals surface area contributed by atoms with Crippen LogP contribution < -0.4 is 0 Å². The van der Waals surface area contributed by atoms with Crippen molar-refractivity contribution < 1.29 is 0 Å². The van der Waals surface area contributed by atoms with Crippen molar-refractivity contribution in [3.05, 3.63) is 59.7 Å². The third-order valence-corrected chi connectivity index (χ3v) is 10.1. The Labute approximate surface area is 224 Å². The highest BCUT2D eigenvalue weighted by Crippen LogP contribution is 2.21. The summed E-state index contributed by atoms with van der Waals surface area (Å²) >= 11 is 0. The summed E-state index contributed by atoms with van der Waals surface area (Å²) in [4.78, 5) is 9.98. The van der Waals surface area contributed by atoms with Crippen LogP contribution in [0.1, 0.15) is 63.0 Å². The minimum absolute atomic E-state index is 0.990. The molecule has 0 fully saturated rings. The van der Waals surface area contributed by atoms with Crippen molar-refractivity contribution >= 4 is 39.4 Å². The number of benzene rings is 2. The number of hydrogen-bond donors (Lipinski definition) is 0. The highest BCUT2D eigenvalue weighted by Gasteiger charge is 2.13. The molecule has 0 radical (unpaired) electrons.